The smallest absolute Gasteiger partial charge is 0.401 e. The monoisotopic (exact) mass is 1450 g/mol. The third kappa shape index (κ3) is 26.2. The van der Waals surface area contributed by atoms with Gasteiger partial charge in [0.05, 0.1) is 30.5 Å². The van der Waals surface area contributed by atoms with Crippen molar-refractivity contribution in [3.63, 3.8) is 0 Å². The van der Waals surface area contributed by atoms with Crippen LogP contribution in [-0.4, -0.2) is 37.1 Å². The predicted molar refractivity (Wildman–Crippen MR) is 410 cm³/mol. The van der Waals surface area contributed by atoms with Crippen LogP contribution in [0.15, 0.2) is 66.9 Å². The fourth-order valence-corrected chi connectivity index (χ4v) is 19.5. The van der Waals surface area contributed by atoms with E-state index >= 15 is 0 Å². The van der Waals surface area contributed by atoms with Crippen LogP contribution in [0.2, 0.25) is 0 Å². The zero-order chi connectivity index (χ0) is 63.9. The van der Waals surface area contributed by atoms with Crippen molar-refractivity contribution in [3.8, 4) is 29.3 Å². The number of unbranched alkanes of at least 4 members (excludes halogenated alkanes) is 28. The van der Waals surface area contributed by atoms with Gasteiger partial charge < -0.3 is 18.6 Å². The predicted octanol–water partition coefficient (Wildman–Crippen LogP) is 26.9. The molecule has 0 aliphatic carbocycles. The summed E-state index contributed by atoms with van der Waals surface area (Å²) in [5.41, 5.74) is 5.24. The van der Waals surface area contributed by atoms with Crippen molar-refractivity contribution in [2.45, 2.75) is 330 Å². The fraction of sp³-hybridized carbons (Fsp3) is 0.680. The highest BCUT2D eigenvalue weighted by atomic mass is 79.9. The summed E-state index contributed by atoms with van der Waals surface area (Å²) in [5.74, 6) is 0. The van der Waals surface area contributed by atoms with E-state index in [0.29, 0.717) is 0 Å². The molecule has 6 aromatic heterocycles. The Balaban J connectivity index is 0.000000218. The van der Waals surface area contributed by atoms with E-state index in [2.05, 4.69) is 148 Å². The molecule has 2 saturated heterocycles. The summed E-state index contributed by atoms with van der Waals surface area (Å²) < 4.78 is 28.9. The maximum Gasteiger partial charge on any atom is 0.505 e. The molecule has 6 aromatic rings. The molecular weight excluding hydrogens is 1340 g/mol. The third-order valence-electron chi connectivity index (χ3n) is 18.6. The molecule has 0 amide bonds. The number of hydrogen-bond acceptors (Lipinski definition) is 10. The first-order valence-corrected chi connectivity index (χ1v) is 42.2. The zero-order valence-corrected chi connectivity index (χ0v) is 65.4. The molecule has 4 nitrogen and oxygen atoms in total. The lowest BCUT2D eigenvalue weighted by Crippen LogP contribution is -2.41. The van der Waals surface area contributed by atoms with Crippen molar-refractivity contribution in [2.75, 3.05) is 0 Å². The van der Waals surface area contributed by atoms with Crippen LogP contribution in [0.25, 0.3) is 29.3 Å². The average Bonchev–Trinajstić information content (AvgIpc) is 1.99. The molecular formula is C75H116B2Br2O4S6. The van der Waals surface area contributed by atoms with Crippen molar-refractivity contribution < 1.29 is 18.6 Å². The van der Waals surface area contributed by atoms with Gasteiger partial charge >= 0.3 is 14.2 Å². The number of aryl methyl sites for hydroxylation is 4. The molecule has 14 heteroatoms. The molecule has 1 atom stereocenters. The van der Waals surface area contributed by atoms with Gasteiger partial charge in [-0.25, -0.2) is 0 Å². The van der Waals surface area contributed by atoms with Crippen molar-refractivity contribution in [1.82, 2.24) is 0 Å². The summed E-state index contributed by atoms with van der Waals surface area (Å²) >= 11 is 19.0. The fourth-order valence-electron chi connectivity index (χ4n) is 11.7. The van der Waals surface area contributed by atoms with Gasteiger partial charge in [0, 0.05) is 38.8 Å². The van der Waals surface area contributed by atoms with E-state index < -0.39 is 0 Å². The summed E-state index contributed by atoms with van der Waals surface area (Å²) in [4.78, 5) is 8.83. The van der Waals surface area contributed by atoms with E-state index in [9.17, 15) is 0 Å². The first-order chi connectivity index (χ1) is 43.0. The molecule has 0 radical (unpaired) electrons. The maximum atomic E-state index is 6.09. The van der Waals surface area contributed by atoms with Crippen LogP contribution in [0.1, 0.15) is 304 Å². The van der Waals surface area contributed by atoms with Crippen LogP contribution < -0.4 is 9.55 Å². The molecule has 0 saturated carbocycles. The highest BCUT2D eigenvalue weighted by molar-refractivity contribution is 9.11. The van der Waals surface area contributed by atoms with Crippen LogP contribution in [0, 0.1) is 0 Å². The second kappa shape index (κ2) is 41.9. The van der Waals surface area contributed by atoms with Crippen LogP contribution >= 0.6 is 99.9 Å². The van der Waals surface area contributed by atoms with Gasteiger partial charge in [-0.2, -0.15) is 11.3 Å². The van der Waals surface area contributed by atoms with Gasteiger partial charge in [0.15, 0.2) is 0 Å². The highest BCUT2D eigenvalue weighted by Crippen LogP contribution is 2.44. The minimum absolute atomic E-state index is 0.0693. The highest BCUT2D eigenvalue weighted by Gasteiger charge is 2.53. The Bertz CT molecular complexity index is 2670. The van der Waals surface area contributed by atoms with Crippen molar-refractivity contribution in [2.24, 2.45) is 0 Å². The molecule has 0 aromatic carbocycles. The molecule has 89 heavy (non-hydrogen) atoms. The second-order valence-corrected chi connectivity index (χ2v) is 35.9. The van der Waals surface area contributed by atoms with Gasteiger partial charge in [0.25, 0.3) is 0 Å². The molecule has 0 bridgehead atoms. The molecule has 2 fully saturated rings. The summed E-state index contributed by atoms with van der Waals surface area (Å²) in [6.07, 6.45) is 49.5. The van der Waals surface area contributed by atoms with E-state index in [1.54, 1.807) is 22.5 Å². The number of thiophene rings is 6. The van der Waals surface area contributed by atoms with Crippen molar-refractivity contribution in [3.05, 3.63) is 89.1 Å². The van der Waals surface area contributed by atoms with Gasteiger partial charge in [-0.3, -0.25) is 0 Å². The van der Waals surface area contributed by atoms with Crippen molar-refractivity contribution in [1.29, 1.82) is 0 Å². The lowest BCUT2D eigenvalue weighted by Gasteiger charge is -2.32. The topological polar surface area (TPSA) is 36.9 Å². The van der Waals surface area contributed by atoms with Gasteiger partial charge in [0.2, 0.25) is 0 Å². The van der Waals surface area contributed by atoms with Crippen LogP contribution in [0.3, 0.4) is 0 Å². The van der Waals surface area contributed by atoms with Crippen LogP contribution in [0.4, 0.5) is 0 Å². The van der Waals surface area contributed by atoms with Gasteiger partial charge in [-0.1, -0.05) is 220 Å². The molecule has 0 N–H and O–H groups in total. The van der Waals surface area contributed by atoms with E-state index in [0.717, 1.165) is 9.55 Å². The Kier molecular flexibility index (Phi) is 36.4. The maximum absolute atomic E-state index is 6.09. The summed E-state index contributed by atoms with van der Waals surface area (Å²) in [6, 6.07) is 18.5. The third-order valence-corrected chi connectivity index (χ3v) is 27.2. The van der Waals surface area contributed by atoms with E-state index in [4.69, 9.17) is 18.6 Å². The minimum Gasteiger partial charge on any atom is -0.401 e. The molecule has 0 spiro atoms. The Morgan fingerprint density at radius 1 is 0.371 bits per heavy atom. The van der Waals surface area contributed by atoms with Gasteiger partial charge in [0.1, 0.15) is 0 Å². The lowest BCUT2D eigenvalue weighted by molar-refractivity contribution is 0.00578. The minimum atomic E-state index is -0.324. The van der Waals surface area contributed by atoms with Gasteiger partial charge in [-0.05, 0) is 201 Å². The van der Waals surface area contributed by atoms with E-state index in [-0.39, 0.29) is 37.1 Å². The van der Waals surface area contributed by atoms with E-state index in [1.807, 2.05) is 75.7 Å². The molecule has 8 heterocycles. The van der Waals surface area contributed by atoms with Crippen LogP contribution in [0.5, 0.6) is 0 Å². The largest absolute Gasteiger partial charge is 0.505 e. The first kappa shape index (κ1) is 77.1. The van der Waals surface area contributed by atoms with Crippen LogP contribution in [-0.2, 0) is 44.3 Å². The Labute approximate surface area is 585 Å². The summed E-state index contributed by atoms with van der Waals surface area (Å²) in [5, 5.41) is 4.60. The number of halogens is 2. The van der Waals surface area contributed by atoms with Gasteiger partial charge in [-0.15, -0.1) is 56.7 Å². The second-order valence-electron chi connectivity index (χ2n) is 27.1. The molecule has 2 aliphatic heterocycles. The number of hydrogen-bond donors (Lipinski definition) is 0. The molecule has 496 valence electrons. The Hall–Kier alpha value is -0.870. The Morgan fingerprint density at radius 2 is 0.697 bits per heavy atom. The molecule has 1 unspecified atom stereocenters. The SMILES string of the molecule is CC1OB(c2ccc(B3OC(C)(C)C(C)(C)O3)s2)OC1(C)C.CCCCCCCCCCc1cc(-c2cc(CCCCCCCCCC)c(Br)s2)sc1Br.CCCCCCCCCCc1ccsc1-c1ccc(-c2sccc2CCCCCCCCCC)s1. The molecule has 8 rings (SSSR count). The molecule has 2 aliphatic rings. The average molecular weight is 1460 g/mol. The first-order valence-electron chi connectivity index (χ1n) is 35.6. The Morgan fingerprint density at radius 3 is 1.03 bits per heavy atom. The van der Waals surface area contributed by atoms with Crippen molar-refractivity contribution >= 4 is 124 Å². The summed E-state index contributed by atoms with van der Waals surface area (Å²) in [6.45, 7) is 23.6. The standard InChI is InChI=1S/C32H48S3.C28H44Br2S2.C15H24B2O4S/c1-3-5-7-9-11-13-15-17-19-27-23-25-33-31(27)29-21-22-30(35-29)32-28(24-26-34-32)20-18-16-14-12-10-8-6-4-2;1-3-5-7-9-11-13-15-17-19-23-21-25(31-27(23)29)26-22-24(28(30)32-26)20-18-16-14-12-10-8-6-4-2;1-10-13(2,3)19-16(18-10)11-8-9-12(22-11)17-20-14(4,5)15(6,7)21-17/h21-26H,3-20H2,1-2H3;21-22H,3-20H2,1-2H3;8-10H,1-7H3. The quantitative estimate of drug-likeness (QED) is 0.0283. The summed E-state index contributed by atoms with van der Waals surface area (Å²) in [7, 11) is -0.623. The normalized spacial score (nSPS) is 15.9. The van der Waals surface area contributed by atoms with E-state index in [1.165, 1.54) is 279 Å². The lowest BCUT2D eigenvalue weighted by atomic mass is 9.86. The zero-order valence-electron chi connectivity index (χ0n) is 57.3. The number of rotatable bonds is 41.